The van der Waals surface area contributed by atoms with Gasteiger partial charge in [-0.3, -0.25) is 4.98 Å². The predicted octanol–water partition coefficient (Wildman–Crippen LogP) is 3.68. The summed E-state index contributed by atoms with van der Waals surface area (Å²) in [5.41, 5.74) is 3.32. The first kappa shape index (κ1) is 18.2. The Hall–Kier alpha value is -3.15. The third-order valence-corrected chi connectivity index (χ3v) is 5.25. The van der Waals surface area contributed by atoms with Gasteiger partial charge in [0.05, 0.1) is 12.6 Å². The lowest BCUT2D eigenvalue weighted by molar-refractivity contribution is 0.189. The highest BCUT2D eigenvalue weighted by Gasteiger charge is 2.33. The highest BCUT2D eigenvalue weighted by Crippen LogP contribution is 2.32. The summed E-state index contributed by atoms with van der Waals surface area (Å²) in [4.78, 5) is 23.6. The Morgan fingerprint density at radius 2 is 1.96 bits per heavy atom. The van der Waals surface area contributed by atoms with Gasteiger partial charge in [-0.05, 0) is 37.0 Å². The number of carbonyl (C=O) groups excluding carboxylic acids is 1. The first-order valence-electron chi connectivity index (χ1n) is 9.71. The lowest BCUT2D eigenvalue weighted by Crippen LogP contribution is -2.39. The number of nitrogens with one attached hydrogen (secondary N) is 1. The molecule has 1 N–H and O–H groups in total. The molecule has 0 spiro atoms. The summed E-state index contributed by atoms with van der Waals surface area (Å²) in [6.07, 6.45) is 7.47. The number of hydrogen-bond acceptors (Lipinski definition) is 3. The minimum atomic E-state index is -0.0278. The Morgan fingerprint density at radius 3 is 2.75 bits per heavy atom. The normalized spacial score (nSPS) is 16.3. The van der Waals surface area contributed by atoms with E-state index in [4.69, 9.17) is 0 Å². The summed E-state index contributed by atoms with van der Waals surface area (Å²) >= 11 is 0. The lowest BCUT2D eigenvalue weighted by atomic mass is 10.2. The number of aryl methyl sites for hydroxylation is 1. The molecular formula is C22H25N5O. The van der Waals surface area contributed by atoms with Gasteiger partial charge in [-0.25, -0.2) is 9.78 Å². The van der Waals surface area contributed by atoms with Crippen molar-refractivity contribution in [3.63, 3.8) is 0 Å². The van der Waals surface area contributed by atoms with Crippen molar-refractivity contribution in [1.82, 2.24) is 24.8 Å². The SMILES string of the molecule is Cc1cnc(C2CCCN2C(=O)NCc2ccccc2)n1Cc1cccnc1. The van der Waals surface area contributed by atoms with Crippen molar-refractivity contribution < 1.29 is 4.79 Å². The van der Waals surface area contributed by atoms with Crippen LogP contribution in [0.25, 0.3) is 0 Å². The number of benzene rings is 1. The van der Waals surface area contributed by atoms with Gasteiger partial charge in [0.2, 0.25) is 0 Å². The number of carbonyl (C=O) groups is 1. The number of urea groups is 1. The largest absolute Gasteiger partial charge is 0.334 e. The molecule has 3 aromatic rings. The molecule has 1 unspecified atom stereocenters. The van der Waals surface area contributed by atoms with Crippen LogP contribution < -0.4 is 5.32 Å². The predicted molar refractivity (Wildman–Crippen MR) is 108 cm³/mol. The Labute approximate surface area is 165 Å². The average Bonchev–Trinajstić information content (AvgIpc) is 3.35. The Bertz CT molecular complexity index is 923. The van der Waals surface area contributed by atoms with Gasteiger partial charge in [0.25, 0.3) is 0 Å². The quantitative estimate of drug-likeness (QED) is 0.740. The van der Waals surface area contributed by atoms with Crippen LogP contribution in [0.15, 0.2) is 61.1 Å². The van der Waals surface area contributed by atoms with E-state index in [0.717, 1.165) is 42.0 Å². The van der Waals surface area contributed by atoms with E-state index in [9.17, 15) is 4.79 Å². The summed E-state index contributed by atoms with van der Waals surface area (Å²) in [7, 11) is 0. The molecule has 1 fully saturated rings. The van der Waals surface area contributed by atoms with Gasteiger partial charge in [0.15, 0.2) is 0 Å². The maximum Gasteiger partial charge on any atom is 0.318 e. The van der Waals surface area contributed by atoms with E-state index in [1.807, 2.05) is 53.7 Å². The molecule has 6 heteroatoms. The number of imidazole rings is 1. The average molecular weight is 375 g/mol. The molecule has 0 bridgehead atoms. The summed E-state index contributed by atoms with van der Waals surface area (Å²) < 4.78 is 2.20. The van der Waals surface area contributed by atoms with Crippen molar-refractivity contribution in [2.45, 2.75) is 38.9 Å². The number of pyridine rings is 1. The molecule has 144 valence electrons. The highest BCUT2D eigenvalue weighted by atomic mass is 16.2. The van der Waals surface area contributed by atoms with E-state index < -0.39 is 0 Å². The fraction of sp³-hybridized carbons (Fsp3) is 0.318. The maximum absolute atomic E-state index is 12.8. The molecule has 1 aliphatic rings. The van der Waals surface area contributed by atoms with Crippen LogP contribution in [-0.4, -0.2) is 32.0 Å². The second kappa shape index (κ2) is 8.25. The van der Waals surface area contributed by atoms with Crippen LogP contribution in [0.4, 0.5) is 4.79 Å². The number of amides is 2. The molecule has 0 aliphatic carbocycles. The molecule has 1 aliphatic heterocycles. The van der Waals surface area contributed by atoms with E-state index in [-0.39, 0.29) is 12.1 Å². The zero-order chi connectivity index (χ0) is 19.3. The Balaban J connectivity index is 1.50. The maximum atomic E-state index is 12.8. The number of likely N-dealkylation sites (tertiary alicyclic amines) is 1. The standard InChI is InChI=1S/C22H25N5O/c1-17-13-24-21(27(17)16-19-9-5-11-23-14-19)20-10-6-12-26(20)22(28)25-15-18-7-3-2-4-8-18/h2-5,7-9,11,13-14,20H,6,10,12,15-16H2,1H3,(H,25,28). The minimum Gasteiger partial charge on any atom is -0.334 e. The number of aromatic nitrogens is 3. The van der Waals surface area contributed by atoms with Crippen LogP contribution in [0.5, 0.6) is 0 Å². The van der Waals surface area contributed by atoms with Crippen LogP contribution in [0.1, 0.15) is 41.5 Å². The van der Waals surface area contributed by atoms with Gasteiger partial charge in [-0.1, -0.05) is 36.4 Å². The van der Waals surface area contributed by atoms with E-state index in [2.05, 4.69) is 32.8 Å². The number of rotatable bonds is 5. The van der Waals surface area contributed by atoms with Crippen molar-refractivity contribution in [2.75, 3.05) is 6.54 Å². The lowest BCUT2D eigenvalue weighted by Gasteiger charge is -2.25. The molecule has 1 atom stereocenters. The van der Waals surface area contributed by atoms with Crippen LogP contribution >= 0.6 is 0 Å². The van der Waals surface area contributed by atoms with Crippen LogP contribution in [-0.2, 0) is 13.1 Å². The Morgan fingerprint density at radius 1 is 1.14 bits per heavy atom. The monoisotopic (exact) mass is 375 g/mol. The molecule has 3 heterocycles. The zero-order valence-corrected chi connectivity index (χ0v) is 16.1. The minimum absolute atomic E-state index is 0.00106. The fourth-order valence-corrected chi connectivity index (χ4v) is 3.78. The number of hydrogen-bond donors (Lipinski definition) is 1. The van der Waals surface area contributed by atoms with Crippen molar-refractivity contribution in [2.24, 2.45) is 0 Å². The first-order chi connectivity index (χ1) is 13.7. The molecule has 0 radical (unpaired) electrons. The Kier molecular flexibility index (Phi) is 5.37. The van der Waals surface area contributed by atoms with Gasteiger partial charge in [0, 0.05) is 37.4 Å². The van der Waals surface area contributed by atoms with E-state index in [1.54, 1.807) is 6.20 Å². The third-order valence-electron chi connectivity index (χ3n) is 5.25. The summed E-state index contributed by atoms with van der Waals surface area (Å²) in [5, 5.41) is 3.06. The van der Waals surface area contributed by atoms with Crippen LogP contribution in [0, 0.1) is 6.92 Å². The van der Waals surface area contributed by atoms with Crippen molar-refractivity contribution >= 4 is 6.03 Å². The van der Waals surface area contributed by atoms with E-state index in [1.165, 1.54) is 0 Å². The van der Waals surface area contributed by atoms with Crippen LogP contribution in [0.3, 0.4) is 0 Å². The summed E-state index contributed by atoms with van der Waals surface area (Å²) in [5.74, 6) is 0.953. The van der Waals surface area contributed by atoms with Crippen LogP contribution in [0.2, 0.25) is 0 Å². The van der Waals surface area contributed by atoms with Gasteiger partial charge >= 0.3 is 6.03 Å². The fourth-order valence-electron chi connectivity index (χ4n) is 3.78. The molecular weight excluding hydrogens is 350 g/mol. The van der Waals surface area contributed by atoms with Gasteiger partial charge < -0.3 is 14.8 Å². The smallest absolute Gasteiger partial charge is 0.318 e. The molecule has 2 amide bonds. The molecule has 0 saturated carbocycles. The highest BCUT2D eigenvalue weighted by molar-refractivity contribution is 5.75. The molecule has 1 aromatic carbocycles. The second-order valence-corrected chi connectivity index (χ2v) is 7.20. The van der Waals surface area contributed by atoms with Crippen molar-refractivity contribution in [1.29, 1.82) is 0 Å². The van der Waals surface area contributed by atoms with Gasteiger partial charge in [-0.15, -0.1) is 0 Å². The third kappa shape index (κ3) is 3.91. The zero-order valence-electron chi connectivity index (χ0n) is 16.1. The summed E-state index contributed by atoms with van der Waals surface area (Å²) in [6.45, 7) is 4.06. The molecule has 1 saturated heterocycles. The summed E-state index contributed by atoms with van der Waals surface area (Å²) in [6, 6.07) is 14.0. The van der Waals surface area contributed by atoms with Gasteiger partial charge in [-0.2, -0.15) is 0 Å². The molecule has 4 rings (SSSR count). The number of nitrogens with zero attached hydrogens (tertiary/aromatic N) is 4. The van der Waals surface area contributed by atoms with E-state index >= 15 is 0 Å². The second-order valence-electron chi connectivity index (χ2n) is 7.20. The van der Waals surface area contributed by atoms with E-state index in [0.29, 0.717) is 13.1 Å². The molecule has 28 heavy (non-hydrogen) atoms. The topological polar surface area (TPSA) is 63.1 Å². The van der Waals surface area contributed by atoms with Gasteiger partial charge in [0.1, 0.15) is 5.82 Å². The first-order valence-corrected chi connectivity index (χ1v) is 9.71. The molecule has 2 aromatic heterocycles. The molecule has 6 nitrogen and oxygen atoms in total. The van der Waals surface area contributed by atoms with Crippen molar-refractivity contribution in [3.05, 3.63) is 83.7 Å². The van der Waals surface area contributed by atoms with Crippen molar-refractivity contribution in [3.8, 4) is 0 Å².